The number of carbonyl (C=O) groups is 2. The highest BCUT2D eigenvalue weighted by Gasteiger charge is 2.32. The lowest BCUT2D eigenvalue weighted by molar-refractivity contribution is 0.0606. The van der Waals surface area contributed by atoms with Gasteiger partial charge >= 0.3 is 0 Å². The summed E-state index contributed by atoms with van der Waals surface area (Å²) in [6, 6.07) is 25.6. The molecule has 2 amide bonds. The molecule has 42 heavy (non-hydrogen) atoms. The molecule has 4 aromatic carbocycles. The maximum absolute atomic E-state index is 13.1. The molecule has 2 aliphatic rings. The number of H-pyrrole nitrogens is 1. The van der Waals surface area contributed by atoms with Gasteiger partial charge in [0.15, 0.2) is 0 Å². The summed E-state index contributed by atoms with van der Waals surface area (Å²) in [5.74, 6) is 1.17. The van der Waals surface area contributed by atoms with Crippen molar-refractivity contribution in [3.05, 3.63) is 90.0 Å². The fourth-order valence-corrected chi connectivity index (χ4v) is 5.95. The van der Waals surface area contributed by atoms with E-state index in [9.17, 15) is 9.59 Å². The fraction of sp³-hybridized carbons (Fsp3) is 0.265. The Morgan fingerprint density at radius 2 is 1.55 bits per heavy atom. The van der Waals surface area contributed by atoms with E-state index in [4.69, 9.17) is 9.72 Å². The monoisotopic (exact) mass is 559 g/mol. The second-order valence-electron chi connectivity index (χ2n) is 11.1. The number of nitrogens with zero attached hydrogens (tertiary/aromatic N) is 4. The first-order valence-corrected chi connectivity index (χ1v) is 14.6. The van der Waals surface area contributed by atoms with Crippen LogP contribution in [0.2, 0.25) is 0 Å². The molecule has 1 fully saturated rings. The number of carbonyl (C=O) groups excluding carboxylic acids is 2. The molecule has 0 atom stereocenters. The summed E-state index contributed by atoms with van der Waals surface area (Å²) in [5.41, 5.74) is 5.41. The summed E-state index contributed by atoms with van der Waals surface area (Å²) >= 11 is 0. The number of imidazole rings is 1. The molecule has 3 heterocycles. The molecule has 0 radical (unpaired) electrons. The minimum atomic E-state index is -0.220. The van der Waals surface area contributed by atoms with Crippen LogP contribution in [0.4, 0.5) is 5.69 Å². The third-order valence-corrected chi connectivity index (χ3v) is 8.36. The topological polar surface area (TPSA) is 81.8 Å². The number of amides is 2. The summed E-state index contributed by atoms with van der Waals surface area (Å²) < 4.78 is 5.96. The molecule has 5 aromatic rings. The number of anilines is 1. The lowest BCUT2D eigenvalue weighted by atomic mass is 9.94. The third-order valence-electron chi connectivity index (χ3n) is 8.36. The smallest absolute Gasteiger partial charge is 0.261 e. The van der Waals surface area contributed by atoms with Crippen LogP contribution >= 0.6 is 0 Å². The molecule has 7 rings (SSSR count). The number of benzene rings is 4. The van der Waals surface area contributed by atoms with Gasteiger partial charge in [-0.3, -0.25) is 14.5 Å². The number of piperazine rings is 1. The van der Waals surface area contributed by atoms with Crippen molar-refractivity contribution >= 4 is 39.3 Å². The van der Waals surface area contributed by atoms with Crippen LogP contribution in [0.3, 0.4) is 0 Å². The number of aromatic nitrogens is 2. The number of hydrogen-bond donors (Lipinski definition) is 1. The molecular formula is C34H33N5O3. The highest BCUT2D eigenvalue weighted by atomic mass is 16.5. The van der Waals surface area contributed by atoms with Crippen LogP contribution in [0, 0.1) is 0 Å². The second kappa shape index (κ2) is 10.9. The summed E-state index contributed by atoms with van der Waals surface area (Å²) in [7, 11) is 2.17. The Morgan fingerprint density at radius 1 is 0.833 bits per heavy atom. The molecule has 0 spiro atoms. The van der Waals surface area contributed by atoms with Crippen molar-refractivity contribution in [2.45, 2.75) is 12.8 Å². The zero-order valence-corrected chi connectivity index (χ0v) is 23.7. The lowest BCUT2D eigenvalue weighted by Gasteiger charge is -2.34. The molecule has 0 bridgehead atoms. The van der Waals surface area contributed by atoms with Crippen LogP contribution in [0.1, 0.15) is 33.6 Å². The van der Waals surface area contributed by atoms with Crippen molar-refractivity contribution in [2.75, 3.05) is 51.3 Å². The van der Waals surface area contributed by atoms with Gasteiger partial charge < -0.3 is 19.5 Å². The van der Waals surface area contributed by atoms with Crippen LogP contribution in [-0.2, 0) is 0 Å². The number of likely N-dealkylation sites (N-methyl/N-ethyl adjacent to an activating group) is 1. The molecule has 212 valence electrons. The predicted octanol–water partition coefficient (Wildman–Crippen LogP) is 5.59. The molecule has 1 N–H and O–H groups in total. The number of rotatable bonds is 8. The number of ether oxygens (including phenoxy) is 1. The van der Waals surface area contributed by atoms with E-state index in [1.165, 1.54) is 10.6 Å². The van der Waals surface area contributed by atoms with E-state index in [-0.39, 0.29) is 11.8 Å². The Kier molecular flexibility index (Phi) is 6.83. The molecule has 1 aromatic heterocycles. The average molecular weight is 560 g/mol. The summed E-state index contributed by atoms with van der Waals surface area (Å²) in [6.07, 6.45) is 1.40. The average Bonchev–Trinajstić information content (AvgIpc) is 3.45. The van der Waals surface area contributed by atoms with E-state index < -0.39 is 0 Å². The number of imide groups is 1. The Balaban J connectivity index is 0.933. The van der Waals surface area contributed by atoms with Gasteiger partial charge in [0.1, 0.15) is 11.6 Å². The van der Waals surface area contributed by atoms with Crippen molar-refractivity contribution in [1.29, 1.82) is 0 Å². The predicted molar refractivity (Wildman–Crippen MR) is 165 cm³/mol. The number of unbranched alkanes of at least 4 members (excludes halogenated alkanes) is 1. The van der Waals surface area contributed by atoms with Crippen LogP contribution < -0.4 is 9.64 Å². The molecule has 8 heteroatoms. The molecule has 0 aliphatic carbocycles. The van der Waals surface area contributed by atoms with E-state index >= 15 is 0 Å². The zero-order valence-electron chi connectivity index (χ0n) is 23.7. The largest absolute Gasteiger partial charge is 0.494 e. The van der Waals surface area contributed by atoms with Gasteiger partial charge in [0.05, 0.1) is 17.6 Å². The van der Waals surface area contributed by atoms with Crippen LogP contribution in [0.15, 0.2) is 78.9 Å². The van der Waals surface area contributed by atoms with Gasteiger partial charge in [0.2, 0.25) is 0 Å². The van der Waals surface area contributed by atoms with E-state index in [2.05, 4.69) is 40.0 Å². The molecule has 0 saturated carbocycles. The minimum absolute atomic E-state index is 0.220. The molecule has 8 nitrogen and oxygen atoms in total. The highest BCUT2D eigenvalue weighted by molar-refractivity contribution is 6.25. The maximum atomic E-state index is 13.1. The van der Waals surface area contributed by atoms with E-state index in [0.717, 1.165) is 71.5 Å². The van der Waals surface area contributed by atoms with Gasteiger partial charge in [-0.1, -0.05) is 24.3 Å². The van der Waals surface area contributed by atoms with Gasteiger partial charge in [-0.2, -0.15) is 0 Å². The Labute approximate surface area is 244 Å². The van der Waals surface area contributed by atoms with E-state index in [1.54, 1.807) is 12.1 Å². The Morgan fingerprint density at radius 3 is 2.26 bits per heavy atom. The van der Waals surface area contributed by atoms with Crippen LogP contribution in [0.25, 0.3) is 33.2 Å². The number of hydrogen-bond acceptors (Lipinski definition) is 6. The van der Waals surface area contributed by atoms with E-state index in [0.29, 0.717) is 30.7 Å². The van der Waals surface area contributed by atoms with Crippen molar-refractivity contribution in [3.63, 3.8) is 0 Å². The first-order valence-electron chi connectivity index (χ1n) is 14.6. The maximum Gasteiger partial charge on any atom is 0.261 e. The number of fused-ring (bicyclic) bond motifs is 1. The highest BCUT2D eigenvalue weighted by Crippen LogP contribution is 2.30. The summed E-state index contributed by atoms with van der Waals surface area (Å²) in [5, 5.41) is 1.68. The summed E-state index contributed by atoms with van der Waals surface area (Å²) in [6.45, 7) is 5.08. The quantitative estimate of drug-likeness (QED) is 0.197. The van der Waals surface area contributed by atoms with Crippen LogP contribution in [-0.4, -0.2) is 78.0 Å². The first-order chi connectivity index (χ1) is 20.5. The standard InChI is InChI=1S/C34H33N5O3/c1-37-17-19-38(20-18-37)25-12-15-29-30(22-25)36-32(35-29)24-10-13-26(14-11-24)42-21-3-2-16-39-33(40)27-8-4-6-23-7-5-9-28(31(23)27)34(39)41/h4-15,22H,2-3,16-21H2,1H3,(H,35,36). The number of aromatic amines is 1. The van der Waals surface area contributed by atoms with E-state index in [1.807, 2.05) is 48.5 Å². The Bertz CT molecular complexity index is 1740. The van der Waals surface area contributed by atoms with Crippen molar-refractivity contribution in [2.24, 2.45) is 0 Å². The number of nitrogens with one attached hydrogen (secondary N) is 1. The van der Waals surface area contributed by atoms with Gasteiger partial charge in [-0.25, -0.2) is 4.98 Å². The fourth-order valence-electron chi connectivity index (χ4n) is 5.95. The minimum Gasteiger partial charge on any atom is -0.494 e. The van der Waals surface area contributed by atoms with Crippen LogP contribution in [0.5, 0.6) is 5.75 Å². The zero-order chi connectivity index (χ0) is 28.6. The summed E-state index contributed by atoms with van der Waals surface area (Å²) in [4.78, 5) is 40.6. The second-order valence-corrected chi connectivity index (χ2v) is 11.1. The van der Waals surface area contributed by atoms with Gasteiger partial charge in [0, 0.05) is 60.5 Å². The van der Waals surface area contributed by atoms with Crippen molar-refractivity contribution in [1.82, 2.24) is 19.8 Å². The normalized spacial score (nSPS) is 15.6. The lowest BCUT2D eigenvalue weighted by Crippen LogP contribution is -2.44. The van der Waals surface area contributed by atoms with Gasteiger partial charge in [-0.05, 0) is 79.9 Å². The Hall–Kier alpha value is -4.69. The molecular weight excluding hydrogens is 526 g/mol. The van der Waals surface area contributed by atoms with Crippen molar-refractivity contribution < 1.29 is 14.3 Å². The molecule has 1 saturated heterocycles. The first kappa shape index (κ1) is 26.2. The molecule has 0 unspecified atom stereocenters. The molecule has 2 aliphatic heterocycles. The van der Waals surface area contributed by atoms with Gasteiger partial charge in [-0.15, -0.1) is 0 Å². The SMILES string of the molecule is CN1CCN(c2ccc3nc(-c4ccc(OCCCCN5C(=O)c6cccc7cccc(c67)C5=O)cc4)[nH]c3c2)CC1. The third kappa shape index (κ3) is 4.88. The van der Waals surface area contributed by atoms with Gasteiger partial charge in [0.25, 0.3) is 11.8 Å². The van der Waals surface area contributed by atoms with Crippen molar-refractivity contribution in [3.8, 4) is 17.1 Å².